The second-order valence-electron chi connectivity index (χ2n) is 5.58. The average Bonchev–Trinajstić information content (AvgIpc) is 2.68. The second kappa shape index (κ2) is 5.62. The largest absolute Gasteiger partial charge is 0.416 e. The Labute approximate surface area is 123 Å². The lowest BCUT2D eigenvalue weighted by molar-refractivity contribution is -0.166. The molecule has 1 aliphatic heterocycles. The second-order valence-corrected chi connectivity index (χ2v) is 5.58. The molecule has 1 heterocycles. The van der Waals surface area contributed by atoms with Crippen LogP contribution in [0.5, 0.6) is 0 Å². The minimum absolute atomic E-state index is 0.155. The molecule has 1 aliphatic carbocycles. The first-order chi connectivity index (χ1) is 10.0. The smallest absolute Gasteiger partial charge is 0.336 e. The summed E-state index contributed by atoms with van der Waals surface area (Å²) in [4.78, 5) is 12.8. The van der Waals surface area contributed by atoms with Crippen LogP contribution in [0.2, 0.25) is 0 Å². The normalized spacial score (nSPS) is 27.0. The third-order valence-corrected chi connectivity index (χ3v) is 4.09. The van der Waals surface area contributed by atoms with Gasteiger partial charge in [-0.3, -0.25) is 4.79 Å². The Bertz CT molecular complexity index is 516. The van der Waals surface area contributed by atoms with Crippen molar-refractivity contribution in [3.63, 3.8) is 0 Å². The first-order valence-electron chi connectivity index (χ1n) is 6.84. The van der Waals surface area contributed by atoms with Gasteiger partial charge in [0.25, 0.3) is 0 Å². The highest BCUT2D eigenvalue weighted by Gasteiger charge is 2.48. The van der Waals surface area contributed by atoms with E-state index >= 15 is 0 Å². The Kier molecular flexibility index (Phi) is 4.32. The van der Waals surface area contributed by atoms with Gasteiger partial charge in [0, 0.05) is 19.0 Å². The highest BCUT2D eigenvalue weighted by molar-refractivity contribution is 5.79. The molecular formula is C14H15F6NO. The lowest BCUT2D eigenvalue weighted by Crippen LogP contribution is -2.39. The van der Waals surface area contributed by atoms with E-state index in [0.717, 1.165) is 11.0 Å². The number of likely N-dealkylation sites (tertiary alicyclic amines) is 1. The summed E-state index contributed by atoms with van der Waals surface area (Å²) in [6.45, 7) is 1.00. The molecule has 1 amide bonds. The van der Waals surface area contributed by atoms with E-state index in [2.05, 4.69) is 0 Å². The number of halogens is 6. The topological polar surface area (TPSA) is 20.3 Å². The van der Waals surface area contributed by atoms with E-state index in [1.807, 2.05) is 0 Å². The minimum Gasteiger partial charge on any atom is -0.336 e. The highest BCUT2D eigenvalue weighted by Crippen LogP contribution is 2.43. The maximum atomic E-state index is 13.1. The molecule has 1 fully saturated rings. The van der Waals surface area contributed by atoms with Gasteiger partial charge >= 0.3 is 12.4 Å². The molecule has 0 spiro atoms. The molecule has 0 aromatic rings. The van der Waals surface area contributed by atoms with Crippen LogP contribution in [0.1, 0.15) is 26.2 Å². The van der Waals surface area contributed by atoms with Crippen molar-refractivity contribution >= 4 is 5.91 Å². The molecule has 0 saturated carbocycles. The maximum Gasteiger partial charge on any atom is 0.416 e. The Hall–Kier alpha value is -1.47. The number of carbonyl (C=O) groups is 1. The van der Waals surface area contributed by atoms with Gasteiger partial charge in [0.05, 0.1) is 11.5 Å². The molecule has 2 unspecified atom stereocenters. The van der Waals surface area contributed by atoms with Crippen LogP contribution in [-0.2, 0) is 4.79 Å². The van der Waals surface area contributed by atoms with Crippen molar-refractivity contribution in [2.75, 3.05) is 6.54 Å². The maximum absolute atomic E-state index is 13.1. The predicted molar refractivity (Wildman–Crippen MR) is 66.8 cm³/mol. The molecule has 2 nitrogen and oxygen atoms in total. The Balaban J connectivity index is 2.43. The first kappa shape index (κ1) is 16.9. The summed E-state index contributed by atoms with van der Waals surface area (Å²) in [5.41, 5.74) is -2.04. The van der Waals surface area contributed by atoms with Gasteiger partial charge in [0.2, 0.25) is 5.91 Å². The number of alkyl halides is 6. The Morgan fingerprint density at radius 1 is 1.23 bits per heavy atom. The zero-order chi connectivity index (χ0) is 16.7. The number of rotatable bonds is 2. The summed E-state index contributed by atoms with van der Waals surface area (Å²) in [6.07, 6.45) is -8.01. The average molecular weight is 327 g/mol. The van der Waals surface area contributed by atoms with E-state index in [4.69, 9.17) is 0 Å². The summed E-state index contributed by atoms with van der Waals surface area (Å²) in [6, 6.07) is -0.353. The van der Waals surface area contributed by atoms with Gasteiger partial charge in [0.1, 0.15) is 0 Å². The lowest BCUT2D eigenvalue weighted by atomic mass is 9.85. The standard InChI is InChI=1S/C14H15F6NO/c1-8-5-6-12(22)21(8)7-9-10(13(15,16)17)3-2-4-11(9)14(18,19)20/h2-3,8,11H,4-7H2,1H3. The summed E-state index contributed by atoms with van der Waals surface area (Å²) in [5, 5.41) is 0. The first-order valence-corrected chi connectivity index (χ1v) is 6.84. The Morgan fingerprint density at radius 3 is 2.32 bits per heavy atom. The zero-order valence-corrected chi connectivity index (χ0v) is 11.8. The lowest BCUT2D eigenvalue weighted by Gasteiger charge is -2.32. The molecule has 124 valence electrons. The van der Waals surface area contributed by atoms with E-state index in [9.17, 15) is 31.1 Å². The molecule has 8 heteroatoms. The predicted octanol–water partition coefficient (Wildman–Crippen LogP) is 3.99. The number of hydrogen-bond donors (Lipinski definition) is 0. The summed E-state index contributed by atoms with van der Waals surface area (Å²) >= 11 is 0. The fourth-order valence-electron chi connectivity index (χ4n) is 2.87. The highest BCUT2D eigenvalue weighted by atomic mass is 19.4. The monoisotopic (exact) mass is 327 g/mol. The number of hydrogen-bond acceptors (Lipinski definition) is 1. The number of amides is 1. The summed E-state index contributed by atoms with van der Waals surface area (Å²) in [5.74, 6) is -2.60. The number of allylic oxidation sites excluding steroid dienone is 3. The molecule has 0 aromatic heterocycles. The van der Waals surface area contributed by atoms with E-state index in [1.54, 1.807) is 6.92 Å². The van der Waals surface area contributed by atoms with Crippen molar-refractivity contribution in [3.05, 3.63) is 23.3 Å². The fraction of sp³-hybridized carbons (Fsp3) is 0.643. The van der Waals surface area contributed by atoms with Gasteiger partial charge in [-0.1, -0.05) is 12.2 Å². The quantitative estimate of drug-likeness (QED) is 0.702. The van der Waals surface area contributed by atoms with Crippen molar-refractivity contribution in [1.29, 1.82) is 0 Å². The Morgan fingerprint density at radius 2 is 1.86 bits per heavy atom. The van der Waals surface area contributed by atoms with E-state index in [0.29, 0.717) is 12.5 Å². The van der Waals surface area contributed by atoms with Crippen LogP contribution < -0.4 is 0 Å². The van der Waals surface area contributed by atoms with Crippen LogP contribution in [0.25, 0.3) is 0 Å². The molecule has 1 saturated heterocycles. The van der Waals surface area contributed by atoms with Gasteiger partial charge in [-0.2, -0.15) is 26.3 Å². The molecule has 0 bridgehead atoms. The zero-order valence-electron chi connectivity index (χ0n) is 11.8. The van der Waals surface area contributed by atoms with Crippen molar-refractivity contribution in [1.82, 2.24) is 4.90 Å². The van der Waals surface area contributed by atoms with E-state index in [-0.39, 0.29) is 12.5 Å². The van der Waals surface area contributed by atoms with Crippen LogP contribution in [-0.4, -0.2) is 35.7 Å². The van der Waals surface area contributed by atoms with Crippen molar-refractivity contribution in [3.8, 4) is 0 Å². The molecule has 0 radical (unpaired) electrons. The molecule has 2 rings (SSSR count). The van der Waals surface area contributed by atoms with E-state index < -0.39 is 48.3 Å². The van der Waals surface area contributed by atoms with Gasteiger partial charge in [0.15, 0.2) is 0 Å². The minimum atomic E-state index is -4.87. The summed E-state index contributed by atoms with van der Waals surface area (Å²) < 4.78 is 78.4. The van der Waals surface area contributed by atoms with Crippen molar-refractivity contribution in [2.45, 2.75) is 44.6 Å². The third kappa shape index (κ3) is 3.30. The van der Waals surface area contributed by atoms with E-state index in [1.165, 1.54) is 0 Å². The molecular weight excluding hydrogens is 312 g/mol. The van der Waals surface area contributed by atoms with Gasteiger partial charge in [-0.15, -0.1) is 0 Å². The number of nitrogens with zero attached hydrogens (tertiary/aromatic N) is 1. The van der Waals surface area contributed by atoms with Gasteiger partial charge in [-0.25, -0.2) is 0 Å². The molecule has 22 heavy (non-hydrogen) atoms. The fourth-order valence-corrected chi connectivity index (χ4v) is 2.87. The van der Waals surface area contributed by atoms with Crippen LogP contribution in [0.3, 0.4) is 0 Å². The number of carbonyl (C=O) groups excluding carboxylic acids is 1. The van der Waals surface area contributed by atoms with Crippen molar-refractivity contribution < 1.29 is 31.1 Å². The SMILES string of the molecule is CC1CCC(=O)N1CC1=C(C(F)(F)F)C=CCC1C(F)(F)F. The van der Waals surface area contributed by atoms with Crippen LogP contribution in [0.4, 0.5) is 26.3 Å². The van der Waals surface area contributed by atoms with Crippen LogP contribution in [0, 0.1) is 5.92 Å². The summed E-state index contributed by atoms with van der Waals surface area (Å²) in [7, 11) is 0. The van der Waals surface area contributed by atoms with Crippen LogP contribution in [0.15, 0.2) is 23.3 Å². The molecule has 2 atom stereocenters. The third-order valence-electron chi connectivity index (χ3n) is 4.09. The van der Waals surface area contributed by atoms with Crippen LogP contribution >= 0.6 is 0 Å². The van der Waals surface area contributed by atoms with Gasteiger partial charge < -0.3 is 4.90 Å². The molecule has 2 aliphatic rings. The van der Waals surface area contributed by atoms with Gasteiger partial charge in [-0.05, 0) is 25.3 Å². The van der Waals surface area contributed by atoms with Crippen molar-refractivity contribution in [2.24, 2.45) is 5.92 Å². The molecule has 0 aromatic carbocycles. The molecule has 0 N–H and O–H groups in total.